The Morgan fingerprint density at radius 3 is 2.66 bits per heavy atom. The molecule has 0 aliphatic carbocycles. The van der Waals surface area contributed by atoms with Gasteiger partial charge in [0.1, 0.15) is 0 Å². The molecule has 4 rings (SSSR count). The Labute approximate surface area is 225 Å². The average molecular weight is 552 g/mol. The number of nitrogens with one attached hydrogen (secondary N) is 1. The van der Waals surface area contributed by atoms with Gasteiger partial charge >= 0.3 is 0 Å². The molecule has 2 heterocycles. The molecule has 10 heteroatoms. The lowest BCUT2D eigenvalue weighted by atomic mass is 10.1. The summed E-state index contributed by atoms with van der Waals surface area (Å²) in [5.74, 6) is -0.275. The topological polar surface area (TPSA) is 51.5 Å². The maximum atomic E-state index is 6.56. The van der Waals surface area contributed by atoms with Crippen molar-refractivity contribution in [1.82, 2.24) is 14.5 Å². The van der Waals surface area contributed by atoms with Crippen LogP contribution in [0.4, 0.5) is 5.69 Å². The SMILES string of the molecule is CCN(CC)C(=S)Nc1ccc(SCC2COC(Cn3ccnc3)(c3ccc(Cl)cc3Cl)O2)cc1. The Bertz CT molecular complexity index is 1130. The van der Waals surface area contributed by atoms with E-state index in [4.69, 9.17) is 44.9 Å². The van der Waals surface area contributed by atoms with Crippen LogP contribution in [0.1, 0.15) is 19.4 Å². The van der Waals surface area contributed by atoms with Crippen molar-refractivity contribution in [2.75, 3.05) is 30.8 Å². The monoisotopic (exact) mass is 550 g/mol. The number of ether oxygens (including phenoxy) is 2. The van der Waals surface area contributed by atoms with E-state index in [1.165, 1.54) is 0 Å². The largest absolute Gasteiger partial charge is 0.350 e. The molecule has 2 atom stereocenters. The maximum absolute atomic E-state index is 6.56. The van der Waals surface area contributed by atoms with E-state index in [0.29, 0.717) is 23.2 Å². The molecule has 35 heavy (non-hydrogen) atoms. The van der Waals surface area contributed by atoms with Crippen molar-refractivity contribution in [3.8, 4) is 0 Å². The predicted molar refractivity (Wildman–Crippen MR) is 147 cm³/mol. The van der Waals surface area contributed by atoms with Crippen molar-refractivity contribution in [1.29, 1.82) is 0 Å². The highest BCUT2D eigenvalue weighted by Gasteiger charge is 2.45. The molecule has 1 aromatic heterocycles. The summed E-state index contributed by atoms with van der Waals surface area (Å²) in [4.78, 5) is 7.40. The molecule has 0 bridgehead atoms. The molecule has 1 aliphatic rings. The number of nitrogens with zero attached hydrogens (tertiary/aromatic N) is 3. The van der Waals surface area contributed by atoms with E-state index in [0.717, 1.165) is 40.1 Å². The number of thioether (sulfide) groups is 1. The quantitative estimate of drug-likeness (QED) is 0.248. The lowest BCUT2D eigenvalue weighted by Gasteiger charge is -2.30. The number of anilines is 1. The van der Waals surface area contributed by atoms with Crippen LogP contribution < -0.4 is 5.32 Å². The Morgan fingerprint density at radius 1 is 1.23 bits per heavy atom. The maximum Gasteiger partial charge on any atom is 0.215 e. The standard InChI is InChI=1S/C25H28Cl2N4O2S2/c1-3-31(4-2)24(34)29-19-6-8-21(9-7-19)35-15-20-14-32-25(33-20,16-30-12-11-28-17-30)22-10-5-18(26)13-23(22)27/h5-13,17,20H,3-4,14-16H2,1-2H3,(H,29,34). The number of aromatic nitrogens is 2. The van der Waals surface area contributed by atoms with Gasteiger partial charge in [-0.1, -0.05) is 29.3 Å². The van der Waals surface area contributed by atoms with Crippen molar-refractivity contribution < 1.29 is 9.47 Å². The molecule has 6 nitrogen and oxygen atoms in total. The highest BCUT2D eigenvalue weighted by Crippen LogP contribution is 2.41. The number of halogens is 2. The molecule has 0 amide bonds. The fourth-order valence-electron chi connectivity index (χ4n) is 3.91. The first-order chi connectivity index (χ1) is 16.9. The molecule has 1 aliphatic heterocycles. The van der Waals surface area contributed by atoms with Crippen LogP contribution in [0.25, 0.3) is 0 Å². The molecule has 1 saturated heterocycles. The first-order valence-corrected chi connectivity index (χ1v) is 13.6. The summed E-state index contributed by atoms with van der Waals surface area (Å²) >= 11 is 19.9. The van der Waals surface area contributed by atoms with Gasteiger partial charge in [0.15, 0.2) is 5.11 Å². The van der Waals surface area contributed by atoms with Gasteiger partial charge in [-0.3, -0.25) is 0 Å². The highest BCUT2D eigenvalue weighted by molar-refractivity contribution is 7.99. The Morgan fingerprint density at radius 2 is 2.00 bits per heavy atom. The minimum absolute atomic E-state index is 0.108. The number of imidazole rings is 1. The van der Waals surface area contributed by atoms with E-state index in [1.54, 1.807) is 36.4 Å². The van der Waals surface area contributed by atoms with Gasteiger partial charge in [-0.2, -0.15) is 0 Å². The van der Waals surface area contributed by atoms with Gasteiger partial charge in [0.25, 0.3) is 0 Å². The van der Waals surface area contributed by atoms with Gasteiger partial charge in [0, 0.05) is 52.4 Å². The fraction of sp³-hybridized carbons (Fsp3) is 0.360. The molecule has 1 N–H and O–H groups in total. The first kappa shape index (κ1) is 26.3. The summed E-state index contributed by atoms with van der Waals surface area (Å²) in [7, 11) is 0. The molecular formula is C25H28Cl2N4O2S2. The third-order valence-corrected chi connectivity index (χ3v) is 7.79. The first-order valence-electron chi connectivity index (χ1n) is 11.4. The highest BCUT2D eigenvalue weighted by atomic mass is 35.5. The molecule has 2 aromatic carbocycles. The molecule has 0 radical (unpaired) electrons. The van der Waals surface area contributed by atoms with Crippen LogP contribution in [0.15, 0.2) is 66.1 Å². The van der Waals surface area contributed by atoms with E-state index in [2.05, 4.69) is 41.2 Å². The van der Waals surface area contributed by atoms with Crippen molar-refractivity contribution in [3.63, 3.8) is 0 Å². The minimum Gasteiger partial charge on any atom is -0.350 e. The zero-order chi connectivity index (χ0) is 24.8. The van der Waals surface area contributed by atoms with E-state index in [9.17, 15) is 0 Å². The second-order valence-electron chi connectivity index (χ2n) is 8.10. The Kier molecular flexibility index (Phi) is 8.97. The number of hydrogen-bond donors (Lipinski definition) is 1. The molecule has 2 unspecified atom stereocenters. The second-order valence-corrected chi connectivity index (χ2v) is 10.4. The number of hydrogen-bond acceptors (Lipinski definition) is 5. The molecule has 186 valence electrons. The molecule has 1 fully saturated rings. The van der Waals surface area contributed by atoms with E-state index in [1.807, 2.05) is 29.0 Å². The number of benzene rings is 2. The van der Waals surface area contributed by atoms with Crippen LogP contribution in [-0.2, 0) is 21.8 Å². The van der Waals surface area contributed by atoms with Crippen LogP contribution >= 0.6 is 47.2 Å². The van der Waals surface area contributed by atoms with E-state index < -0.39 is 5.79 Å². The molecular weight excluding hydrogens is 523 g/mol. The van der Waals surface area contributed by atoms with Gasteiger partial charge < -0.3 is 24.3 Å². The molecule has 0 saturated carbocycles. The lowest BCUT2D eigenvalue weighted by molar-refractivity contribution is -0.184. The lowest BCUT2D eigenvalue weighted by Crippen LogP contribution is -2.34. The van der Waals surface area contributed by atoms with Gasteiger partial charge in [0.05, 0.1) is 30.6 Å². The molecule has 0 spiro atoms. The summed E-state index contributed by atoms with van der Waals surface area (Å²) in [6.07, 6.45) is 5.24. The van der Waals surface area contributed by atoms with E-state index in [-0.39, 0.29) is 6.10 Å². The Balaban J connectivity index is 1.40. The van der Waals surface area contributed by atoms with Gasteiger partial charge in [0.2, 0.25) is 5.79 Å². The normalized spacial score (nSPS) is 19.6. The Hall–Kier alpha value is -1.81. The van der Waals surface area contributed by atoms with Crippen LogP contribution in [0.5, 0.6) is 0 Å². The van der Waals surface area contributed by atoms with Crippen molar-refractivity contribution in [2.24, 2.45) is 0 Å². The summed E-state index contributed by atoms with van der Waals surface area (Å²) in [5, 5.41) is 5.12. The van der Waals surface area contributed by atoms with E-state index >= 15 is 0 Å². The second kappa shape index (κ2) is 12.0. The summed E-state index contributed by atoms with van der Waals surface area (Å²) in [6.45, 7) is 6.83. The third-order valence-electron chi connectivity index (χ3n) is 5.74. The van der Waals surface area contributed by atoms with Gasteiger partial charge in [-0.15, -0.1) is 11.8 Å². The number of rotatable bonds is 9. The van der Waals surface area contributed by atoms with Crippen molar-refractivity contribution in [3.05, 3.63) is 76.8 Å². The average Bonchev–Trinajstić information content (AvgIpc) is 3.50. The summed E-state index contributed by atoms with van der Waals surface area (Å²) in [5.41, 5.74) is 1.73. The predicted octanol–water partition coefficient (Wildman–Crippen LogP) is 6.29. The smallest absolute Gasteiger partial charge is 0.215 e. The zero-order valence-corrected chi connectivity index (χ0v) is 22.8. The number of thiocarbonyl (C=S) groups is 1. The zero-order valence-electron chi connectivity index (χ0n) is 19.6. The summed E-state index contributed by atoms with van der Waals surface area (Å²) < 4.78 is 14.7. The van der Waals surface area contributed by atoms with Crippen LogP contribution in [-0.4, -0.2) is 51.1 Å². The summed E-state index contributed by atoms with van der Waals surface area (Å²) in [6, 6.07) is 13.6. The minimum atomic E-state index is -1.01. The van der Waals surface area contributed by atoms with Crippen molar-refractivity contribution >= 4 is 58.0 Å². The van der Waals surface area contributed by atoms with Crippen molar-refractivity contribution in [2.45, 2.75) is 37.2 Å². The van der Waals surface area contributed by atoms with Crippen LogP contribution in [0.2, 0.25) is 10.0 Å². The van der Waals surface area contributed by atoms with Gasteiger partial charge in [-0.25, -0.2) is 4.98 Å². The van der Waals surface area contributed by atoms with Crippen LogP contribution in [0, 0.1) is 0 Å². The van der Waals surface area contributed by atoms with Gasteiger partial charge in [-0.05, 0) is 62.5 Å². The third kappa shape index (κ3) is 6.50. The molecule has 3 aromatic rings. The fourth-order valence-corrected chi connectivity index (χ4v) is 5.71. The van der Waals surface area contributed by atoms with Crippen LogP contribution in [0.3, 0.4) is 0 Å².